The van der Waals surface area contributed by atoms with Gasteiger partial charge in [0.1, 0.15) is 0 Å². The second-order valence-corrected chi connectivity index (χ2v) is 6.08. The molecule has 0 aromatic carbocycles. The summed E-state index contributed by atoms with van der Waals surface area (Å²) in [6, 6.07) is 0. The molecule has 1 saturated heterocycles. The molecule has 0 bridgehead atoms. The third-order valence-corrected chi connectivity index (χ3v) is 5.01. The Hall–Kier alpha value is -0.0800. The lowest BCUT2D eigenvalue weighted by molar-refractivity contribution is -0.0368. The highest BCUT2D eigenvalue weighted by atomic mass is 16.3. The molecule has 1 saturated carbocycles. The Balaban J connectivity index is 1.96. The average Bonchev–Trinajstić information content (AvgIpc) is 2.70. The summed E-state index contributed by atoms with van der Waals surface area (Å²) in [4.78, 5) is 2.49. The Labute approximate surface area is 106 Å². The van der Waals surface area contributed by atoms with Crippen molar-refractivity contribution in [1.82, 2.24) is 4.90 Å². The van der Waals surface area contributed by atoms with E-state index < -0.39 is 0 Å². The molecule has 1 atom stereocenters. The smallest absolute Gasteiger partial charge is 0.0688 e. The number of nitrogens with zero attached hydrogens (tertiary/aromatic N) is 1. The normalized spacial score (nSPS) is 34.2. The number of rotatable bonds is 2. The van der Waals surface area contributed by atoms with E-state index in [1.165, 1.54) is 51.5 Å². The molecule has 1 aliphatic heterocycles. The summed E-state index contributed by atoms with van der Waals surface area (Å²) in [5.74, 6) is 0.585. The van der Waals surface area contributed by atoms with Crippen molar-refractivity contribution in [3.05, 3.63) is 0 Å². The van der Waals surface area contributed by atoms with E-state index in [1.54, 1.807) is 0 Å². The van der Waals surface area contributed by atoms with Crippen molar-refractivity contribution in [2.24, 2.45) is 5.92 Å². The van der Waals surface area contributed by atoms with Crippen LogP contribution in [0.25, 0.3) is 0 Å². The molecule has 2 heteroatoms. The average molecular weight is 239 g/mol. The summed E-state index contributed by atoms with van der Waals surface area (Å²) < 4.78 is 0. The summed E-state index contributed by atoms with van der Waals surface area (Å²) in [5.41, 5.74) is -0.339. The fraction of sp³-hybridized carbons (Fsp3) is 1.00. The summed E-state index contributed by atoms with van der Waals surface area (Å²) in [6.45, 7) is 5.66. The molecular formula is C15H29NO. The van der Waals surface area contributed by atoms with Gasteiger partial charge in [0.25, 0.3) is 0 Å². The Kier molecular flexibility index (Phi) is 4.87. The Morgan fingerprint density at radius 2 is 1.71 bits per heavy atom. The van der Waals surface area contributed by atoms with Gasteiger partial charge in [0.05, 0.1) is 5.60 Å². The van der Waals surface area contributed by atoms with Crippen molar-refractivity contribution in [3.8, 4) is 0 Å². The lowest BCUT2D eigenvalue weighted by Gasteiger charge is -2.35. The van der Waals surface area contributed by atoms with Crippen molar-refractivity contribution in [2.75, 3.05) is 19.6 Å². The first-order chi connectivity index (χ1) is 8.24. The molecule has 2 nitrogen and oxygen atoms in total. The minimum absolute atomic E-state index is 0.339. The van der Waals surface area contributed by atoms with Gasteiger partial charge in [-0.15, -0.1) is 0 Å². The maximum Gasteiger partial charge on any atom is 0.0688 e. The fourth-order valence-corrected chi connectivity index (χ4v) is 3.74. The van der Waals surface area contributed by atoms with Crippen molar-refractivity contribution < 1.29 is 5.11 Å². The molecule has 1 N–H and O–H groups in total. The zero-order chi connectivity index (χ0) is 12.1. The molecule has 1 heterocycles. The SMILES string of the molecule is CCN1CCCC(O)(C2CCCCCC2)CC1. The molecule has 0 spiro atoms. The number of hydrogen-bond donors (Lipinski definition) is 1. The predicted octanol–water partition coefficient (Wildman–Crippen LogP) is 3.19. The topological polar surface area (TPSA) is 23.5 Å². The molecule has 2 aliphatic rings. The van der Waals surface area contributed by atoms with E-state index in [1.807, 2.05) is 0 Å². The quantitative estimate of drug-likeness (QED) is 0.748. The molecule has 0 amide bonds. The van der Waals surface area contributed by atoms with Crippen LogP contribution in [0.15, 0.2) is 0 Å². The highest BCUT2D eigenvalue weighted by Gasteiger charge is 2.37. The van der Waals surface area contributed by atoms with Crippen LogP contribution in [-0.4, -0.2) is 35.2 Å². The van der Waals surface area contributed by atoms with Crippen molar-refractivity contribution in [2.45, 2.75) is 70.3 Å². The van der Waals surface area contributed by atoms with Crippen LogP contribution in [0.1, 0.15) is 64.7 Å². The van der Waals surface area contributed by atoms with Gasteiger partial charge < -0.3 is 10.0 Å². The fourth-order valence-electron chi connectivity index (χ4n) is 3.74. The zero-order valence-electron chi connectivity index (χ0n) is 11.5. The van der Waals surface area contributed by atoms with Crippen molar-refractivity contribution >= 4 is 0 Å². The van der Waals surface area contributed by atoms with Crippen LogP contribution >= 0.6 is 0 Å². The van der Waals surface area contributed by atoms with E-state index >= 15 is 0 Å². The minimum Gasteiger partial charge on any atom is -0.390 e. The van der Waals surface area contributed by atoms with Gasteiger partial charge in [0.2, 0.25) is 0 Å². The highest BCUT2D eigenvalue weighted by Crippen LogP contribution is 2.38. The second-order valence-electron chi connectivity index (χ2n) is 6.08. The van der Waals surface area contributed by atoms with E-state index in [9.17, 15) is 5.11 Å². The molecule has 0 aromatic heterocycles. The Morgan fingerprint density at radius 1 is 1.00 bits per heavy atom. The third kappa shape index (κ3) is 3.45. The molecule has 17 heavy (non-hydrogen) atoms. The van der Waals surface area contributed by atoms with Gasteiger partial charge in [0.15, 0.2) is 0 Å². The standard InChI is InChI=1S/C15H29NO/c1-2-16-12-7-10-15(17,11-13-16)14-8-5-3-4-6-9-14/h14,17H,2-13H2,1H3. The Morgan fingerprint density at radius 3 is 2.35 bits per heavy atom. The summed E-state index contributed by atoms with van der Waals surface area (Å²) >= 11 is 0. The monoisotopic (exact) mass is 239 g/mol. The van der Waals surface area contributed by atoms with Gasteiger partial charge in [-0.25, -0.2) is 0 Å². The van der Waals surface area contributed by atoms with Crippen molar-refractivity contribution in [3.63, 3.8) is 0 Å². The second kappa shape index (κ2) is 6.19. The van der Waals surface area contributed by atoms with E-state index in [-0.39, 0.29) is 5.60 Å². The van der Waals surface area contributed by atoms with Crippen LogP contribution in [0.3, 0.4) is 0 Å². The number of likely N-dealkylation sites (tertiary alicyclic amines) is 1. The molecule has 0 radical (unpaired) electrons. The molecule has 0 aromatic rings. The van der Waals surface area contributed by atoms with Crippen LogP contribution in [0, 0.1) is 5.92 Å². The minimum atomic E-state index is -0.339. The largest absolute Gasteiger partial charge is 0.390 e. The van der Waals surface area contributed by atoms with Crippen molar-refractivity contribution in [1.29, 1.82) is 0 Å². The summed E-state index contributed by atoms with van der Waals surface area (Å²) in [6.07, 6.45) is 11.2. The third-order valence-electron chi connectivity index (χ3n) is 5.01. The molecule has 1 unspecified atom stereocenters. The lowest BCUT2D eigenvalue weighted by atomic mass is 9.77. The summed E-state index contributed by atoms with van der Waals surface area (Å²) in [5, 5.41) is 11.0. The first-order valence-electron chi connectivity index (χ1n) is 7.69. The Bertz CT molecular complexity index is 223. The first kappa shape index (κ1) is 13.4. The molecule has 100 valence electrons. The molecule has 2 fully saturated rings. The van der Waals surface area contributed by atoms with E-state index in [0.717, 1.165) is 25.9 Å². The number of hydrogen-bond acceptors (Lipinski definition) is 2. The zero-order valence-corrected chi connectivity index (χ0v) is 11.5. The van der Waals surface area contributed by atoms with E-state index in [0.29, 0.717) is 5.92 Å². The number of aliphatic hydroxyl groups is 1. The van der Waals surface area contributed by atoms with Gasteiger partial charge in [-0.1, -0.05) is 32.6 Å². The molecule has 1 aliphatic carbocycles. The van der Waals surface area contributed by atoms with E-state index in [4.69, 9.17) is 0 Å². The summed E-state index contributed by atoms with van der Waals surface area (Å²) in [7, 11) is 0. The van der Waals surface area contributed by atoms with Crippen LogP contribution in [0.2, 0.25) is 0 Å². The lowest BCUT2D eigenvalue weighted by Crippen LogP contribution is -2.39. The van der Waals surface area contributed by atoms with Gasteiger partial charge in [0, 0.05) is 6.54 Å². The van der Waals surface area contributed by atoms with Gasteiger partial charge >= 0.3 is 0 Å². The maximum absolute atomic E-state index is 11.0. The molecule has 2 rings (SSSR count). The molecular weight excluding hydrogens is 210 g/mol. The van der Waals surface area contributed by atoms with Crippen LogP contribution < -0.4 is 0 Å². The van der Waals surface area contributed by atoms with Gasteiger partial charge in [-0.05, 0) is 51.1 Å². The predicted molar refractivity (Wildman–Crippen MR) is 72.1 cm³/mol. The van der Waals surface area contributed by atoms with Crippen LogP contribution in [0.5, 0.6) is 0 Å². The maximum atomic E-state index is 11.0. The van der Waals surface area contributed by atoms with Gasteiger partial charge in [-0.3, -0.25) is 0 Å². The first-order valence-corrected chi connectivity index (χ1v) is 7.69. The highest BCUT2D eigenvalue weighted by molar-refractivity contribution is 4.90. The van der Waals surface area contributed by atoms with Crippen LogP contribution in [0.4, 0.5) is 0 Å². The van der Waals surface area contributed by atoms with Gasteiger partial charge in [-0.2, -0.15) is 0 Å². The van der Waals surface area contributed by atoms with Crippen LogP contribution in [-0.2, 0) is 0 Å². The van der Waals surface area contributed by atoms with E-state index in [2.05, 4.69) is 11.8 Å².